The average molecular weight is 411 g/mol. The van der Waals surface area contributed by atoms with Crippen LogP contribution in [0, 0.1) is 6.92 Å². The predicted octanol–water partition coefficient (Wildman–Crippen LogP) is 6.84. The van der Waals surface area contributed by atoms with Gasteiger partial charge in [0.15, 0.2) is 11.9 Å². The zero-order valence-corrected chi connectivity index (χ0v) is 17.2. The number of ether oxygens (including phenoxy) is 1. The monoisotopic (exact) mass is 410 g/mol. The first-order valence-corrected chi connectivity index (χ1v) is 9.89. The van der Waals surface area contributed by atoms with E-state index in [4.69, 9.17) is 32.9 Å². The molecular formula is C23H20Cl2N2O. The van der Waals surface area contributed by atoms with Crippen LogP contribution in [0.15, 0.2) is 66.7 Å². The van der Waals surface area contributed by atoms with Crippen molar-refractivity contribution in [3.63, 3.8) is 0 Å². The van der Waals surface area contributed by atoms with Gasteiger partial charge in [-0.05, 0) is 61.4 Å². The number of rotatable bonds is 5. The van der Waals surface area contributed by atoms with Gasteiger partial charge < -0.3 is 9.30 Å². The minimum Gasteiger partial charge on any atom is -0.483 e. The minimum atomic E-state index is -0.211. The maximum absolute atomic E-state index is 6.22. The highest BCUT2D eigenvalue weighted by atomic mass is 35.5. The van der Waals surface area contributed by atoms with Gasteiger partial charge in [0.2, 0.25) is 0 Å². The van der Waals surface area contributed by atoms with Gasteiger partial charge in [-0.3, -0.25) is 0 Å². The van der Waals surface area contributed by atoms with E-state index in [-0.39, 0.29) is 6.10 Å². The molecule has 142 valence electrons. The number of para-hydroxylation sites is 2. The Morgan fingerprint density at radius 3 is 2.57 bits per heavy atom. The Balaban J connectivity index is 1.73. The summed E-state index contributed by atoms with van der Waals surface area (Å²) in [6.45, 7) is 4.71. The smallest absolute Gasteiger partial charge is 0.153 e. The summed E-state index contributed by atoms with van der Waals surface area (Å²) in [7, 11) is 0. The Bertz CT molecular complexity index is 1140. The molecule has 1 heterocycles. The van der Waals surface area contributed by atoms with E-state index in [9.17, 15) is 0 Å². The van der Waals surface area contributed by atoms with Crippen LogP contribution in [0.3, 0.4) is 0 Å². The van der Waals surface area contributed by atoms with Gasteiger partial charge in [-0.25, -0.2) is 4.98 Å². The zero-order chi connectivity index (χ0) is 19.7. The van der Waals surface area contributed by atoms with E-state index in [2.05, 4.69) is 23.6 Å². The standard InChI is InChI=1S/C23H20Cl2N2O/c1-15-6-5-7-18(12-15)28-16(2)23-26-21-8-3-4-9-22(21)27(23)14-17-10-11-19(24)20(25)13-17/h3-13,16H,14H2,1-2H3. The Morgan fingerprint density at radius 1 is 0.964 bits per heavy atom. The molecule has 4 rings (SSSR count). The van der Waals surface area contributed by atoms with Crippen molar-refractivity contribution >= 4 is 34.2 Å². The fourth-order valence-corrected chi connectivity index (χ4v) is 3.66. The summed E-state index contributed by atoms with van der Waals surface area (Å²) in [5.74, 6) is 1.70. The van der Waals surface area contributed by atoms with Crippen molar-refractivity contribution in [2.24, 2.45) is 0 Å². The van der Waals surface area contributed by atoms with Crippen LogP contribution in [0.1, 0.15) is 30.0 Å². The topological polar surface area (TPSA) is 27.1 Å². The molecule has 0 bridgehead atoms. The Kier molecular flexibility index (Phi) is 5.29. The fourth-order valence-electron chi connectivity index (χ4n) is 3.34. The summed E-state index contributed by atoms with van der Waals surface area (Å²) in [6, 6.07) is 21.9. The van der Waals surface area contributed by atoms with Crippen molar-refractivity contribution in [2.45, 2.75) is 26.5 Å². The summed E-state index contributed by atoms with van der Waals surface area (Å²) in [6.07, 6.45) is -0.211. The lowest BCUT2D eigenvalue weighted by atomic mass is 10.2. The molecule has 5 heteroatoms. The van der Waals surface area contributed by atoms with E-state index in [0.29, 0.717) is 16.6 Å². The number of halogens is 2. The maximum atomic E-state index is 6.22. The molecule has 0 amide bonds. The molecule has 1 atom stereocenters. The molecule has 0 aliphatic carbocycles. The molecule has 28 heavy (non-hydrogen) atoms. The first kappa shape index (κ1) is 18.9. The van der Waals surface area contributed by atoms with Gasteiger partial charge in [0.1, 0.15) is 5.75 Å². The van der Waals surface area contributed by atoms with Crippen molar-refractivity contribution < 1.29 is 4.74 Å². The lowest BCUT2D eigenvalue weighted by Crippen LogP contribution is -2.12. The quantitative estimate of drug-likeness (QED) is 0.360. The normalized spacial score (nSPS) is 12.3. The molecule has 3 nitrogen and oxygen atoms in total. The summed E-state index contributed by atoms with van der Waals surface area (Å²) in [5.41, 5.74) is 4.22. The Hall–Kier alpha value is -2.49. The van der Waals surface area contributed by atoms with Crippen molar-refractivity contribution in [3.8, 4) is 5.75 Å². The van der Waals surface area contributed by atoms with Gasteiger partial charge in [-0.1, -0.05) is 53.5 Å². The number of imidazole rings is 1. The van der Waals surface area contributed by atoms with Crippen LogP contribution < -0.4 is 4.74 Å². The molecule has 1 unspecified atom stereocenters. The van der Waals surface area contributed by atoms with Gasteiger partial charge in [-0.2, -0.15) is 0 Å². The SMILES string of the molecule is Cc1cccc(OC(C)c2nc3ccccc3n2Cc2ccc(Cl)c(Cl)c2)c1. The minimum absolute atomic E-state index is 0.211. The Labute approximate surface area is 174 Å². The molecule has 0 saturated carbocycles. The summed E-state index contributed by atoms with van der Waals surface area (Å²) >= 11 is 12.3. The van der Waals surface area contributed by atoms with Crippen LogP contribution in [-0.4, -0.2) is 9.55 Å². The molecule has 1 aromatic heterocycles. The third-order valence-corrected chi connectivity index (χ3v) is 5.41. The van der Waals surface area contributed by atoms with Crippen molar-refractivity contribution in [1.29, 1.82) is 0 Å². The Morgan fingerprint density at radius 2 is 1.79 bits per heavy atom. The number of nitrogens with zero attached hydrogens (tertiary/aromatic N) is 2. The summed E-state index contributed by atoms with van der Waals surface area (Å²) in [5, 5.41) is 1.10. The average Bonchev–Trinajstić information content (AvgIpc) is 3.03. The molecular weight excluding hydrogens is 391 g/mol. The molecule has 0 spiro atoms. The van der Waals surface area contributed by atoms with Gasteiger partial charge in [0.25, 0.3) is 0 Å². The van der Waals surface area contributed by atoms with Crippen LogP contribution in [0.4, 0.5) is 0 Å². The molecule has 0 fully saturated rings. The first-order chi connectivity index (χ1) is 13.5. The predicted molar refractivity (Wildman–Crippen MR) is 116 cm³/mol. The van der Waals surface area contributed by atoms with Crippen LogP contribution >= 0.6 is 23.2 Å². The van der Waals surface area contributed by atoms with Gasteiger partial charge >= 0.3 is 0 Å². The number of aryl methyl sites for hydroxylation is 1. The molecule has 0 N–H and O–H groups in total. The van der Waals surface area contributed by atoms with Crippen LogP contribution in [0.25, 0.3) is 11.0 Å². The molecule has 4 aromatic rings. The second kappa shape index (κ2) is 7.86. The van der Waals surface area contributed by atoms with Gasteiger partial charge in [0.05, 0.1) is 21.1 Å². The summed E-state index contributed by atoms with van der Waals surface area (Å²) in [4.78, 5) is 4.85. The molecule has 0 aliphatic rings. The molecule has 3 aromatic carbocycles. The van der Waals surface area contributed by atoms with E-state index < -0.39 is 0 Å². The van der Waals surface area contributed by atoms with E-state index in [1.165, 1.54) is 0 Å². The highest BCUT2D eigenvalue weighted by molar-refractivity contribution is 6.42. The van der Waals surface area contributed by atoms with Gasteiger partial charge in [0, 0.05) is 6.54 Å². The number of hydrogen-bond acceptors (Lipinski definition) is 2. The van der Waals surface area contributed by atoms with Crippen LogP contribution in [0.5, 0.6) is 5.75 Å². The van der Waals surface area contributed by atoms with E-state index in [0.717, 1.165) is 33.7 Å². The summed E-state index contributed by atoms with van der Waals surface area (Å²) < 4.78 is 8.38. The van der Waals surface area contributed by atoms with E-state index in [1.807, 2.05) is 61.5 Å². The molecule has 0 radical (unpaired) electrons. The number of benzene rings is 3. The number of aromatic nitrogens is 2. The lowest BCUT2D eigenvalue weighted by Gasteiger charge is -2.17. The third-order valence-electron chi connectivity index (χ3n) is 4.67. The maximum Gasteiger partial charge on any atom is 0.153 e. The molecule has 0 saturated heterocycles. The lowest BCUT2D eigenvalue weighted by molar-refractivity contribution is 0.212. The van der Waals surface area contributed by atoms with Crippen molar-refractivity contribution in [2.75, 3.05) is 0 Å². The van der Waals surface area contributed by atoms with Crippen molar-refractivity contribution in [1.82, 2.24) is 9.55 Å². The van der Waals surface area contributed by atoms with Crippen LogP contribution in [-0.2, 0) is 6.54 Å². The van der Waals surface area contributed by atoms with Crippen molar-refractivity contribution in [3.05, 3.63) is 93.7 Å². The molecule has 0 aliphatic heterocycles. The largest absolute Gasteiger partial charge is 0.483 e. The highest BCUT2D eigenvalue weighted by Gasteiger charge is 2.18. The zero-order valence-electron chi connectivity index (χ0n) is 15.7. The van der Waals surface area contributed by atoms with E-state index in [1.54, 1.807) is 0 Å². The van der Waals surface area contributed by atoms with Crippen LogP contribution in [0.2, 0.25) is 10.0 Å². The van der Waals surface area contributed by atoms with E-state index >= 15 is 0 Å². The highest BCUT2D eigenvalue weighted by Crippen LogP contribution is 2.28. The first-order valence-electron chi connectivity index (χ1n) is 9.13. The van der Waals surface area contributed by atoms with Gasteiger partial charge in [-0.15, -0.1) is 0 Å². The fraction of sp³-hybridized carbons (Fsp3) is 0.174. The third kappa shape index (κ3) is 3.87. The second-order valence-electron chi connectivity index (χ2n) is 6.87. The number of fused-ring (bicyclic) bond motifs is 1. The second-order valence-corrected chi connectivity index (χ2v) is 7.68. The number of hydrogen-bond donors (Lipinski definition) is 0.